The number of halogens is 7. The largest absolute Gasteiger partial charge is 0.508 e. The van der Waals surface area contributed by atoms with E-state index in [0.29, 0.717) is 17.2 Å². The SMILES string of the molecule is ClC1C(Cl)C(Cl)C(Cl)C(Cl)C1Cl.Oc1ccc(Cl)cc1Cc1ccccc1. The lowest BCUT2D eigenvalue weighted by Crippen LogP contribution is -2.52. The number of phenolic OH excluding ortho intramolecular Hbond substituents is 1. The van der Waals surface area contributed by atoms with Gasteiger partial charge in [-0.05, 0) is 29.3 Å². The first-order valence-electron chi connectivity index (χ1n) is 8.08. The van der Waals surface area contributed by atoms with Crippen LogP contribution in [0.1, 0.15) is 11.1 Å². The van der Waals surface area contributed by atoms with Gasteiger partial charge in [-0.3, -0.25) is 0 Å². The number of phenols is 1. The molecule has 0 atom stereocenters. The molecule has 1 aliphatic carbocycles. The van der Waals surface area contributed by atoms with Gasteiger partial charge in [-0.25, -0.2) is 0 Å². The molecule has 3 rings (SSSR count). The number of alkyl halides is 6. The third-order valence-electron chi connectivity index (χ3n) is 4.10. The smallest absolute Gasteiger partial charge is 0.119 e. The fourth-order valence-corrected chi connectivity index (χ4v) is 5.09. The maximum absolute atomic E-state index is 9.64. The second-order valence-electron chi connectivity index (χ2n) is 6.10. The van der Waals surface area contributed by atoms with Crippen molar-refractivity contribution in [3.8, 4) is 5.75 Å². The molecule has 0 bridgehead atoms. The van der Waals surface area contributed by atoms with Gasteiger partial charge in [0.25, 0.3) is 0 Å². The average molecular weight is 510 g/mol. The summed E-state index contributed by atoms with van der Waals surface area (Å²) >= 11 is 41.2. The Kier molecular flexibility index (Phi) is 9.49. The van der Waals surface area contributed by atoms with Crippen LogP contribution in [0.4, 0.5) is 0 Å². The van der Waals surface area contributed by atoms with Crippen molar-refractivity contribution in [2.24, 2.45) is 0 Å². The van der Waals surface area contributed by atoms with E-state index in [1.807, 2.05) is 30.3 Å². The summed E-state index contributed by atoms with van der Waals surface area (Å²) in [6, 6.07) is 15.1. The Balaban J connectivity index is 0.000000199. The Labute approximate surface area is 194 Å². The van der Waals surface area contributed by atoms with Crippen LogP contribution in [0.5, 0.6) is 5.75 Å². The zero-order valence-electron chi connectivity index (χ0n) is 13.9. The van der Waals surface area contributed by atoms with E-state index in [1.165, 1.54) is 0 Å². The van der Waals surface area contributed by atoms with Crippen LogP contribution in [-0.2, 0) is 6.42 Å². The first-order valence-corrected chi connectivity index (χ1v) is 11.1. The Morgan fingerprint density at radius 1 is 0.667 bits per heavy atom. The Morgan fingerprint density at radius 3 is 1.56 bits per heavy atom. The van der Waals surface area contributed by atoms with Crippen molar-refractivity contribution >= 4 is 81.2 Å². The number of rotatable bonds is 2. The highest BCUT2D eigenvalue weighted by molar-refractivity contribution is 6.45. The molecule has 0 radical (unpaired) electrons. The van der Waals surface area contributed by atoms with Crippen LogP contribution in [0.25, 0.3) is 0 Å². The maximum Gasteiger partial charge on any atom is 0.119 e. The molecule has 148 valence electrons. The van der Waals surface area contributed by atoms with Crippen LogP contribution in [0.2, 0.25) is 5.02 Å². The lowest BCUT2D eigenvalue weighted by atomic mass is 9.97. The molecule has 0 unspecified atom stereocenters. The summed E-state index contributed by atoms with van der Waals surface area (Å²) in [5, 5.41) is 7.67. The first-order chi connectivity index (χ1) is 12.7. The van der Waals surface area contributed by atoms with E-state index in [1.54, 1.807) is 18.2 Å². The normalized spacial score (nSPS) is 30.3. The van der Waals surface area contributed by atoms with Crippen LogP contribution >= 0.6 is 81.2 Å². The molecule has 1 nitrogen and oxygen atoms in total. The van der Waals surface area contributed by atoms with Gasteiger partial charge in [0.05, 0.1) is 32.3 Å². The van der Waals surface area contributed by atoms with Gasteiger partial charge >= 0.3 is 0 Å². The van der Waals surface area contributed by atoms with E-state index < -0.39 is 32.3 Å². The van der Waals surface area contributed by atoms with E-state index >= 15 is 0 Å². The summed E-state index contributed by atoms with van der Waals surface area (Å²) in [5.41, 5.74) is 2.02. The standard InChI is InChI=1S/C13H11ClO.C6H6Cl6/c14-12-6-7-13(15)11(9-12)8-10-4-2-1-3-5-10;7-1-2(8)4(10)6(12)5(11)3(1)9/h1-7,9,15H,8H2;1-6H. The number of hydrogen-bond acceptors (Lipinski definition) is 1. The van der Waals surface area contributed by atoms with Crippen molar-refractivity contribution in [1.29, 1.82) is 0 Å². The molecule has 2 aromatic carbocycles. The van der Waals surface area contributed by atoms with Crippen LogP contribution < -0.4 is 0 Å². The molecule has 0 amide bonds. The predicted octanol–water partition coefficient (Wildman–Crippen LogP) is 7.28. The van der Waals surface area contributed by atoms with E-state index in [0.717, 1.165) is 11.1 Å². The third-order valence-corrected chi connectivity index (χ3v) is 8.37. The first kappa shape index (κ1) is 23.5. The predicted molar refractivity (Wildman–Crippen MR) is 120 cm³/mol. The zero-order chi connectivity index (χ0) is 20.1. The van der Waals surface area contributed by atoms with E-state index in [-0.39, 0.29) is 0 Å². The van der Waals surface area contributed by atoms with Gasteiger partial charge in [0, 0.05) is 11.4 Å². The Bertz CT molecular complexity index is 669. The highest BCUT2D eigenvalue weighted by Crippen LogP contribution is 2.39. The van der Waals surface area contributed by atoms with Gasteiger partial charge in [-0.2, -0.15) is 0 Å². The fraction of sp³-hybridized carbons (Fsp3) is 0.368. The van der Waals surface area contributed by atoms with Crippen LogP contribution in [0, 0.1) is 0 Å². The van der Waals surface area contributed by atoms with Gasteiger partial charge in [0.15, 0.2) is 0 Å². The lowest BCUT2D eigenvalue weighted by Gasteiger charge is -2.37. The minimum absolute atomic E-state index is 0.295. The van der Waals surface area contributed by atoms with Gasteiger partial charge in [-0.15, -0.1) is 69.6 Å². The van der Waals surface area contributed by atoms with Gasteiger partial charge in [-0.1, -0.05) is 41.9 Å². The molecule has 1 saturated carbocycles. The van der Waals surface area contributed by atoms with E-state index in [2.05, 4.69) is 0 Å². The molecule has 8 heteroatoms. The molecule has 2 aromatic rings. The molecule has 0 aliphatic heterocycles. The number of benzene rings is 2. The van der Waals surface area contributed by atoms with E-state index in [4.69, 9.17) is 81.2 Å². The van der Waals surface area contributed by atoms with Crippen molar-refractivity contribution in [1.82, 2.24) is 0 Å². The topological polar surface area (TPSA) is 20.2 Å². The van der Waals surface area contributed by atoms with Gasteiger partial charge in [0.2, 0.25) is 0 Å². The minimum atomic E-state index is -0.437. The molecule has 0 saturated heterocycles. The van der Waals surface area contributed by atoms with Gasteiger partial charge < -0.3 is 5.11 Å². The molecule has 27 heavy (non-hydrogen) atoms. The van der Waals surface area contributed by atoms with Crippen molar-refractivity contribution in [2.75, 3.05) is 0 Å². The zero-order valence-corrected chi connectivity index (χ0v) is 19.2. The number of hydrogen-bond donors (Lipinski definition) is 1. The lowest BCUT2D eigenvalue weighted by molar-refractivity contribution is 0.469. The molecule has 1 aliphatic rings. The maximum atomic E-state index is 9.64. The molecule has 0 spiro atoms. The van der Waals surface area contributed by atoms with Crippen molar-refractivity contribution in [3.05, 3.63) is 64.7 Å². The third kappa shape index (κ3) is 6.37. The highest BCUT2D eigenvalue weighted by atomic mass is 35.5. The summed E-state index contributed by atoms with van der Waals surface area (Å²) in [4.78, 5) is 0. The summed E-state index contributed by atoms with van der Waals surface area (Å²) in [5.74, 6) is 0.295. The molecular weight excluding hydrogens is 492 g/mol. The minimum Gasteiger partial charge on any atom is -0.508 e. The second kappa shape index (κ2) is 10.9. The monoisotopic (exact) mass is 506 g/mol. The molecular formula is C19H17Cl7O. The Hall–Kier alpha value is 0.270. The fourth-order valence-electron chi connectivity index (χ4n) is 2.57. The van der Waals surface area contributed by atoms with Crippen molar-refractivity contribution < 1.29 is 5.11 Å². The quantitative estimate of drug-likeness (QED) is 0.422. The average Bonchev–Trinajstić information content (AvgIpc) is 2.67. The molecule has 1 N–H and O–H groups in total. The number of aromatic hydroxyl groups is 1. The molecule has 1 fully saturated rings. The van der Waals surface area contributed by atoms with E-state index in [9.17, 15) is 5.11 Å². The van der Waals surface area contributed by atoms with Crippen molar-refractivity contribution in [3.63, 3.8) is 0 Å². The Morgan fingerprint density at radius 2 is 1.11 bits per heavy atom. The summed E-state index contributed by atoms with van der Waals surface area (Å²) in [6.45, 7) is 0. The second-order valence-corrected chi connectivity index (χ2v) is 9.56. The molecule has 0 heterocycles. The highest BCUT2D eigenvalue weighted by Gasteiger charge is 2.46. The van der Waals surface area contributed by atoms with Crippen LogP contribution in [0.3, 0.4) is 0 Å². The molecule has 0 aromatic heterocycles. The van der Waals surface area contributed by atoms with Crippen LogP contribution in [0.15, 0.2) is 48.5 Å². The summed E-state index contributed by atoms with van der Waals surface area (Å²) in [6.07, 6.45) is 0.702. The van der Waals surface area contributed by atoms with Crippen LogP contribution in [-0.4, -0.2) is 37.4 Å². The summed E-state index contributed by atoms with van der Waals surface area (Å²) in [7, 11) is 0. The van der Waals surface area contributed by atoms with Crippen molar-refractivity contribution in [2.45, 2.75) is 38.7 Å². The van der Waals surface area contributed by atoms with Gasteiger partial charge in [0.1, 0.15) is 5.75 Å². The summed E-state index contributed by atoms with van der Waals surface area (Å²) < 4.78 is 0.